The number of likely N-dealkylation sites (N-methyl/N-ethyl adjacent to an activating group) is 1. The maximum absolute atomic E-state index is 13.4. The zero-order chi connectivity index (χ0) is 27.1. The number of carbonyl (C=O) groups excluding carboxylic acids is 1. The standard InChI is InChI=1S/C14H20ClN3O2.C10H12ClFN2.C2H6/c1-16-10-14(19)18-7-5-17(6-8-18)11-3-4-12(15)13(9-11)20-2;1-2-8(11)10(13)7-4-3-5-14-6-9(7)12;1-2/h3-4,9,16H,5-8,10H2,1-2H3;2,6,13H,3-5H2,1H3;1-2H3/b;8-2-,13-10?;. The van der Waals surface area contributed by atoms with E-state index in [1.165, 1.54) is 6.21 Å². The van der Waals surface area contributed by atoms with Gasteiger partial charge in [0, 0.05) is 50.1 Å². The van der Waals surface area contributed by atoms with E-state index in [1.54, 1.807) is 27.2 Å². The molecule has 200 valence electrons. The molecule has 0 radical (unpaired) electrons. The average molecular weight is 543 g/mol. The molecule has 1 fully saturated rings. The lowest BCUT2D eigenvalue weighted by Crippen LogP contribution is -2.50. The van der Waals surface area contributed by atoms with Crippen molar-refractivity contribution in [2.45, 2.75) is 33.6 Å². The van der Waals surface area contributed by atoms with Gasteiger partial charge in [-0.15, -0.1) is 0 Å². The van der Waals surface area contributed by atoms with Gasteiger partial charge in [0.2, 0.25) is 5.91 Å². The molecule has 1 aromatic rings. The third-order valence-electron chi connectivity index (χ3n) is 5.46. The summed E-state index contributed by atoms with van der Waals surface area (Å²) in [5.41, 5.74) is 1.50. The molecule has 0 bridgehead atoms. The number of nitrogens with one attached hydrogen (secondary N) is 2. The van der Waals surface area contributed by atoms with Crippen LogP contribution in [0.1, 0.15) is 33.6 Å². The Morgan fingerprint density at radius 2 is 1.94 bits per heavy atom. The second-order valence-corrected chi connectivity index (χ2v) is 8.51. The summed E-state index contributed by atoms with van der Waals surface area (Å²) in [6.45, 7) is 9.85. The van der Waals surface area contributed by atoms with Crippen molar-refractivity contribution < 1.29 is 13.9 Å². The van der Waals surface area contributed by atoms with Gasteiger partial charge in [0.1, 0.15) is 11.6 Å². The summed E-state index contributed by atoms with van der Waals surface area (Å²) in [5.74, 6) is 0.395. The number of allylic oxidation sites excluding steroid dienone is 4. The highest BCUT2D eigenvalue weighted by molar-refractivity contribution is 6.45. The van der Waals surface area contributed by atoms with Gasteiger partial charge < -0.3 is 19.9 Å². The Morgan fingerprint density at radius 3 is 2.53 bits per heavy atom. The first-order valence-corrected chi connectivity index (χ1v) is 12.9. The normalized spacial score (nSPS) is 15.8. The van der Waals surface area contributed by atoms with E-state index in [2.05, 4.69) is 15.2 Å². The zero-order valence-electron chi connectivity index (χ0n) is 21.8. The SMILES string of the molecule is C/C=C(\Cl)C(=N)C1=C(F)C=NCCC1.CC.CNCC(=O)N1CCN(c2ccc(Cl)c(OC)c2)CC1. The first kappa shape index (κ1) is 31.6. The number of hydrogen-bond acceptors (Lipinski definition) is 6. The molecule has 0 aliphatic carbocycles. The molecule has 0 atom stereocenters. The summed E-state index contributed by atoms with van der Waals surface area (Å²) in [5, 5.41) is 11.4. The average Bonchev–Trinajstić information content (AvgIpc) is 3.14. The number of amides is 1. The third-order valence-corrected chi connectivity index (χ3v) is 6.18. The van der Waals surface area contributed by atoms with Crippen LogP contribution in [-0.2, 0) is 4.79 Å². The first-order valence-electron chi connectivity index (χ1n) is 12.1. The third kappa shape index (κ3) is 9.56. The number of benzene rings is 1. The fourth-order valence-electron chi connectivity index (χ4n) is 3.54. The lowest BCUT2D eigenvalue weighted by atomic mass is 10.0. The zero-order valence-corrected chi connectivity index (χ0v) is 23.3. The summed E-state index contributed by atoms with van der Waals surface area (Å²) < 4.78 is 18.6. The molecule has 1 saturated heterocycles. The lowest BCUT2D eigenvalue weighted by Gasteiger charge is -2.36. The fourth-order valence-corrected chi connectivity index (χ4v) is 3.85. The maximum Gasteiger partial charge on any atom is 0.236 e. The molecule has 36 heavy (non-hydrogen) atoms. The van der Waals surface area contributed by atoms with Crippen molar-refractivity contribution in [3.05, 3.63) is 45.7 Å². The van der Waals surface area contributed by atoms with Crippen molar-refractivity contribution in [3.63, 3.8) is 0 Å². The van der Waals surface area contributed by atoms with Crippen LogP contribution in [0.15, 0.2) is 45.7 Å². The van der Waals surface area contributed by atoms with Crippen molar-refractivity contribution in [3.8, 4) is 5.75 Å². The molecule has 2 aliphatic heterocycles. The summed E-state index contributed by atoms with van der Waals surface area (Å²) >= 11 is 11.8. The van der Waals surface area contributed by atoms with Crippen molar-refractivity contribution >= 4 is 46.7 Å². The van der Waals surface area contributed by atoms with E-state index in [9.17, 15) is 9.18 Å². The molecule has 3 rings (SSSR count). The van der Waals surface area contributed by atoms with Gasteiger partial charge in [-0.3, -0.25) is 15.2 Å². The number of rotatable bonds is 6. The number of piperazine rings is 1. The van der Waals surface area contributed by atoms with Crippen LogP contribution in [0.4, 0.5) is 10.1 Å². The van der Waals surface area contributed by atoms with Crippen LogP contribution >= 0.6 is 23.2 Å². The second kappa shape index (κ2) is 17.1. The van der Waals surface area contributed by atoms with Gasteiger partial charge in [-0.1, -0.05) is 43.1 Å². The highest BCUT2D eigenvalue weighted by atomic mass is 35.5. The molecule has 1 aromatic carbocycles. The number of hydrogen-bond donors (Lipinski definition) is 2. The summed E-state index contributed by atoms with van der Waals surface area (Å²) in [6.07, 6.45) is 4.05. The predicted molar refractivity (Wildman–Crippen MR) is 150 cm³/mol. The van der Waals surface area contributed by atoms with Crippen molar-refractivity contribution in [2.75, 3.05) is 58.3 Å². The number of methoxy groups -OCH3 is 1. The molecular weight excluding hydrogens is 504 g/mol. The highest BCUT2D eigenvalue weighted by Gasteiger charge is 2.21. The molecule has 7 nitrogen and oxygen atoms in total. The predicted octanol–water partition coefficient (Wildman–Crippen LogP) is 5.48. The van der Waals surface area contributed by atoms with Gasteiger partial charge in [0.05, 0.1) is 35.6 Å². The quantitative estimate of drug-likeness (QED) is 0.467. The number of anilines is 1. The van der Waals surface area contributed by atoms with Gasteiger partial charge in [0.25, 0.3) is 0 Å². The number of nitrogens with zero attached hydrogens (tertiary/aromatic N) is 3. The minimum Gasteiger partial charge on any atom is -0.495 e. The fraction of sp³-hybridized carbons (Fsp3) is 0.500. The highest BCUT2D eigenvalue weighted by Crippen LogP contribution is 2.29. The van der Waals surface area contributed by atoms with Crippen LogP contribution in [0.3, 0.4) is 0 Å². The molecule has 2 heterocycles. The Hall–Kier alpha value is -2.42. The van der Waals surface area contributed by atoms with Crippen LogP contribution in [0.5, 0.6) is 5.75 Å². The smallest absolute Gasteiger partial charge is 0.236 e. The largest absolute Gasteiger partial charge is 0.495 e. The minimum absolute atomic E-state index is 0.0695. The number of halogens is 3. The molecule has 2 N–H and O–H groups in total. The number of ether oxygens (including phenoxy) is 1. The van der Waals surface area contributed by atoms with Gasteiger partial charge >= 0.3 is 0 Å². The Balaban J connectivity index is 0.000000356. The molecule has 1 amide bonds. The summed E-state index contributed by atoms with van der Waals surface area (Å²) in [4.78, 5) is 19.8. The van der Waals surface area contributed by atoms with E-state index in [4.69, 9.17) is 33.3 Å². The van der Waals surface area contributed by atoms with E-state index in [1.807, 2.05) is 36.9 Å². The Labute approximate surface area is 224 Å². The van der Waals surface area contributed by atoms with E-state index in [0.717, 1.165) is 38.3 Å². The Morgan fingerprint density at radius 1 is 1.28 bits per heavy atom. The molecule has 0 spiro atoms. The molecular formula is C26H38Cl2FN5O2. The van der Waals surface area contributed by atoms with Crippen LogP contribution in [0.25, 0.3) is 0 Å². The monoisotopic (exact) mass is 541 g/mol. The summed E-state index contributed by atoms with van der Waals surface area (Å²) in [6, 6.07) is 5.76. The van der Waals surface area contributed by atoms with E-state index in [-0.39, 0.29) is 16.7 Å². The molecule has 10 heteroatoms. The van der Waals surface area contributed by atoms with Crippen molar-refractivity contribution in [1.29, 1.82) is 5.41 Å². The van der Waals surface area contributed by atoms with Gasteiger partial charge in [-0.05, 0) is 38.9 Å². The minimum atomic E-state index is -0.437. The van der Waals surface area contributed by atoms with Crippen LogP contribution in [0.2, 0.25) is 5.02 Å². The van der Waals surface area contributed by atoms with E-state index >= 15 is 0 Å². The van der Waals surface area contributed by atoms with Crippen LogP contribution < -0.4 is 15.0 Å². The van der Waals surface area contributed by atoms with Crippen LogP contribution in [0, 0.1) is 5.41 Å². The van der Waals surface area contributed by atoms with Crippen molar-refractivity contribution in [1.82, 2.24) is 10.2 Å². The van der Waals surface area contributed by atoms with Crippen molar-refractivity contribution in [2.24, 2.45) is 4.99 Å². The maximum atomic E-state index is 13.4. The molecule has 0 aromatic heterocycles. The Kier molecular flexibility index (Phi) is 15.0. The van der Waals surface area contributed by atoms with Crippen LogP contribution in [-0.4, -0.2) is 76.2 Å². The second-order valence-electron chi connectivity index (χ2n) is 7.69. The summed E-state index contributed by atoms with van der Waals surface area (Å²) in [7, 11) is 3.40. The van der Waals surface area contributed by atoms with Gasteiger partial charge in [-0.2, -0.15) is 0 Å². The van der Waals surface area contributed by atoms with Gasteiger partial charge in [0.15, 0.2) is 0 Å². The first-order chi connectivity index (χ1) is 17.3. The molecule has 2 aliphatic rings. The van der Waals surface area contributed by atoms with Gasteiger partial charge in [-0.25, -0.2) is 4.39 Å². The lowest BCUT2D eigenvalue weighted by molar-refractivity contribution is -0.130. The topological polar surface area (TPSA) is 81.0 Å². The molecule has 0 unspecified atom stereocenters. The van der Waals surface area contributed by atoms with E-state index in [0.29, 0.717) is 35.9 Å². The number of aliphatic imine (C=N–C) groups is 1. The number of carbonyl (C=O) groups is 1. The van der Waals surface area contributed by atoms with E-state index < -0.39 is 5.83 Å². The Bertz CT molecular complexity index is 958. The molecule has 0 saturated carbocycles.